The molecule has 4 rings (SSSR count). The Morgan fingerprint density at radius 2 is 1.45 bits per heavy atom. The fourth-order valence-corrected chi connectivity index (χ4v) is 8.03. The smallest absolute Gasteiger partial charge is 0.243 e. The van der Waals surface area contributed by atoms with Crippen molar-refractivity contribution >= 4 is 27.5 Å². The number of nitrogens with zero attached hydrogens (tertiary/aromatic N) is 1. The van der Waals surface area contributed by atoms with E-state index in [-0.39, 0.29) is 48.1 Å². The van der Waals surface area contributed by atoms with Crippen molar-refractivity contribution in [1.82, 2.24) is 14.9 Å². The first-order valence-corrected chi connectivity index (χ1v) is 20.8. The number of methoxy groups -OCH3 is 2. The highest BCUT2D eigenvalue weighted by Gasteiger charge is 2.26. The van der Waals surface area contributed by atoms with Gasteiger partial charge in [-0.3, -0.25) is 9.59 Å². The molecule has 56 heavy (non-hydrogen) atoms. The van der Waals surface area contributed by atoms with Crippen LogP contribution in [0.2, 0.25) is 0 Å². The van der Waals surface area contributed by atoms with Crippen molar-refractivity contribution in [2.45, 2.75) is 76.2 Å². The third-order valence-corrected chi connectivity index (χ3v) is 11.2. The van der Waals surface area contributed by atoms with Crippen LogP contribution in [0.1, 0.15) is 62.6 Å². The third-order valence-electron chi connectivity index (χ3n) is 9.28. The fraction of sp³-hybridized carbons (Fsp3) is 0.409. The van der Waals surface area contributed by atoms with Crippen molar-refractivity contribution in [2.24, 2.45) is 5.92 Å². The Labute approximate surface area is 333 Å². The van der Waals surface area contributed by atoms with E-state index in [9.17, 15) is 18.0 Å². The van der Waals surface area contributed by atoms with E-state index < -0.39 is 10.0 Å². The zero-order chi connectivity index (χ0) is 40.3. The molecule has 12 heteroatoms. The lowest BCUT2D eigenvalue weighted by atomic mass is 10.0. The minimum Gasteiger partial charge on any atom is -0.493 e. The average molecular weight is 787 g/mol. The molecule has 0 saturated heterocycles. The molecule has 0 unspecified atom stereocenters. The standard InChI is InChI=1S/C44H58N4O7S/c1-33(2)32-48(56(51,52)40-22-20-37(45)21-23-40)27-25-38(29-34-11-6-5-7-12-34)47-44(50)18-10-17-43(49)46-26-28-55-39-16-9-15-35(30-39)13-8-14-36-19-24-41(53-3)42(31-36)54-4/h5-7,9,11-12,15-16,19-24,30-31,33,38H,8,10,13-14,17-18,25-29,32,45H2,1-4H3,(H,46,49)(H,47,50)/t38-/m1/s1. The molecule has 0 aromatic heterocycles. The molecule has 1 atom stereocenters. The Morgan fingerprint density at radius 3 is 2.14 bits per heavy atom. The number of ether oxygens (including phenoxy) is 3. The van der Waals surface area contributed by atoms with Crippen LogP contribution in [0.5, 0.6) is 17.2 Å². The van der Waals surface area contributed by atoms with Crippen LogP contribution in [0.15, 0.2) is 102 Å². The quantitative estimate of drug-likeness (QED) is 0.0532. The van der Waals surface area contributed by atoms with Crippen LogP contribution < -0.4 is 30.6 Å². The Kier molecular flexibility index (Phi) is 17.5. The van der Waals surface area contributed by atoms with Gasteiger partial charge in [0.15, 0.2) is 11.5 Å². The number of hydrogen-bond acceptors (Lipinski definition) is 8. The van der Waals surface area contributed by atoms with Crippen molar-refractivity contribution in [3.05, 3.63) is 114 Å². The molecule has 0 bridgehead atoms. The Hall–Kier alpha value is -5.07. The largest absolute Gasteiger partial charge is 0.493 e. The highest BCUT2D eigenvalue weighted by Crippen LogP contribution is 2.28. The summed E-state index contributed by atoms with van der Waals surface area (Å²) in [5.74, 6) is 1.97. The second kappa shape index (κ2) is 22.5. The molecule has 0 saturated carbocycles. The number of carbonyl (C=O) groups is 2. The van der Waals surface area contributed by atoms with Gasteiger partial charge in [0.05, 0.1) is 25.7 Å². The van der Waals surface area contributed by atoms with Crippen molar-refractivity contribution in [3.63, 3.8) is 0 Å². The van der Waals surface area contributed by atoms with Crippen molar-refractivity contribution in [3.8, 4) is 17.2 Å². The van der Waals surface area contributed by atoms with Gasteiger partial charge in [-0.25, -0.2) is 8.42 Å². The summed E-state index contributed by atoms with van der Waals surface area (Å²) in [4.78, 5) is 25.9. The summed E-state index contributed by atoms with van der Waals surface area (Å²) in [6.07, 6.45) is 4.49. The number of benzene rings is 4. The molecule has 0 radical (unpaired) electrons. The molecule has 0 aliphatic carbocycles. The van der Waals surface area contributed by atoms with Crippen LogP contribution in [-0.4, -0.2) is 71.0 Å². The van der Waals surface area contributed by atoms with E-state index in [1.165, 1.54) is 27.6 Å². The predicted molar refractivity (Wildman–Crippen MR) is 222 cm³/mol. The van der Waals surface area contributed by atoms with Gasteiger partial charge in [-0.2, -0.15) is 4.31 Å². The summed E-state index contributed by atoms with van der Waals surface area (Å²) in [5, 5.41) is 5.99. The summed E-state index contributed by atoms with van der Waals surface area (Å²) >= 11 is 0. The zero-order valence-electron chi connectivity index (χ0n) is 33.2. The lowest BCUT2D eigenvalue weighted by Crippen LogP contribution is -2.41. The fourth-order valence-electron chi connectivity index (χ4n) is 6.41. The molecule has 2 amide bonds. The molecule has 0 heterocycles. The molecular weight excluding hydrogens is 729 g/mol. The number of rotatable bonds is 24. The SMILES string of the molecule is COc1ccc(CCCc2cccc(OCCNC(=O)CCCC(=O)N[C@H](CCN(CC(C)C)S(=O)(=O)c3ccc(N)cc3)Cc3ccccc3)c2)cc1OC. The summed E-state index contributed by atoms with van der Waals surface area (Å²) in [5.41, 5.74) is 9.69. The van der Waals surface area contributed by atoms with E-state index in [4.69, 9.17) is 19.9 Å². The number of nitrogen functional groups attached to an aromatic ring is 1. The van der Waals surface area contributed by atoms with E-state index in [0.717, 1.165) is 42.1 Å². The Bertz CT molecular complexity index is 1920. The number of nitrogens with two attached hydrogens (primary N) is 1. The van der Waals surface area contributed by atoms with Gasteiger partial charge in [0, 0.05) is 37.7 Å². The number of hydrogen-bond donors (Lipinski definition) is 3. The summed E-state index contributed by atoms with van der Waals surface area (Å²) in [6, 6.07) is 29.7. The van der Waals surface area contributed by atoms with E-state index in [1.54, 1.807) is 26.4 Å². The molecular formula is C44H58N4O7S. The molecule has 4 aromatic carbocycles. The third kappa shape index (κ3) is 14.5. The highest BCUT2D eigenvalue weighted by atomic mass is 32.2. The lowest BCUT2D eigenvalue weighted by Gasteiger charge is -2.27. The first kappa shape index (κ1) is 43.7. The average Bonchev–Trinajstić information content (AvgIpc) is 3.18. The maximum atomic E-state index is 13.6. The molecule has 0 aliphatic rings. The number of sulfonamides is 1. The molecule has 302 valence electrons. The van der Waals surface area contributed by atoms with Crippen LogP contribution in [-0.2, 0) is 38.9 Å². The summed E-state index contributed by atoms with van der Waals surface area (Å²) < 4.78 is 45.4. The summed E-state index contributed by atoms with van der Waals surface area (Å²) in [7, 11) is -0.505. The number of anilines is 1. The van der Waals surface area contributed by atoms with Crippen LogP contribution in [0.4, 0.5) is 5.69 Å². The van der Waals surface area contributed by atoms with Gasteiger partial charge in [0.2, 0.25) is 21.8 Å². The predicted octanol–water partition coefficient (Wildman–Crippen LogP) is 6.59. The minimum absolute atomic E-state index is 0.0996. The highest BCUT2D eigenvalue weighted by molar-refractivity contribution is 7.89. The first-order valence-electron chi connectivity index (χ1n) is 19.3. The first-order chi connectivity index (χ1) is 27.0. The minimum atomic E-state index is -3.77. The van der Waals surface area contributed by atoms with Gasteiger partial charge in [0.25, 0.3) is 0 Å². The summed E-state index contributed by atoms with van der Waals surface area (Å²) in [6.45, 7) is 5.20. The van der Waals surface area contributed by atoms with Crippen molar-refractivity contribution < 1.29 is 32.2 Å². The maximum absolute atomic E-state index is 13.6. The zero-order valence-corrected chi connectivity index (χ0v) is 34.0. The van der Waals surface area contributed by atoms with Gasteiger partial charge in [-0.15, -0.1) is 0 Å². The van der Waals surface area contributed by atoms with Gasteiger partial charge in [-0.1, -0.05) is 62.4 Å². The number of carbonyl (C=O) groups excluding carboxylic acids is 2. The second-order valence-corrected chi connectivity index (χ2v) is 16.2. The van der Waals surface area contributed by atoms with Crippen LogP contribution >= 0.6 is 0 Å². The molecule has 0 fully saturated rings. The lowest BCUT2D eigenvalue weighted by molar-refractivity contribution is -0.122. The molecule has 0 aliphatic heterocycles. The van der Waals surface area contributed by atoms with Gasteiger partial charge < -0.3 is 30.6 Å². The van der Waals surface area contributed by atoms with E-state index in [0.29, 0.717) is 44.6 Å². The molecule has 4 N–H and O–H groups in total. The van der Waals surface area contributed by atoms with E-state index in [2.05, 4.69) is 22.8 Å². The Morgan fingerprint density at radius 1 is 0.768 bits per heavy atom. The van der Waals surface area contributed by atoms with E-state index in [1.807, 2.05) is 74.5 Å². The number of amides is 2. The molecule has 11 nitrogen and oxygen atoms in total. The van der Waals surface area contributed by atoms with Gasteiger partial charge >= 0.3 is 0 Å². The maximum Gasteiger partial charge on any atom is 0.243 e. The molecule has 0 spiro atoms. The van der Waals surface area contributed by atoms with Gasteiger partial charge in [-0.05, 0) is 110 Å². The van der Waals surface area contributed by atoms with Crippen LogP contribution in [0, 0.1) is 5.92 Å². The number of nitrogens with one attached hydrogen (secondary N) is 2. The van der Waals surface area contributed by atoms with Crippen molar-refractivity contribution in [1.29, 1.82) is 0 Å². The Balaban J connectivity index is 1.19. The van der Waals surface area contributed by atoms with Crippen molar-refractivity contribution in [2.75, 3.05) is 46.2 Å². The van der Waals surface area contributed by atoms with Crippen LogP contribution in [0.3, 0.4) is 0 Å². The van der Waals surface area contributed by atoms with E-state index >= 15 is 0 Å². The monoisotopic (exact) mass is 786 g/mol. The topological polar surface area (TPSA) is 149 Å². The normalized spacial score (nSPS) is 12.0. The number of aryl methyl sites for hydroxylation is 2. The second-order valence-electron chi connectivity index (χ2n) is 14.3. The van der Waals surface area contributed by atoms with Gasteiger partial charge in [0.1, 0.15) is 12.4 Å². The van der Waals surface area contributed by atoms with Crippen LogP contribution in [0.25, 0.3) is 0 Å². The molecule has 4 aromatic rings.